The third-order valence-electron chi connectivity index (χ3n) is 3.62. The monoisotopic (exact) mass is 228 g/mol. The summed E-state index contributed by atoms with van der Waals surface area (Å²) in [6.45, 7) is 1.14. The summed E-state index contributed by atoms with van der Waals surface area (Å²) < 4.78 is 0. The van der Waals surface area contributed by atoms with Crippen LogP contribution in [0.2, 0.25) is 0 Å². The molecule has 1 heterocycles. The lowest BCUT2D eigenvalue weighted by Crippen LogP contribution is -2.65. The average Bonchev–Trinajstić information content (AvgIpc) is 2.11. The summed E-state index contributed by atoms with van der Waals surface area (Å²) in [6.07, 6.45) is 0.696. The van der Waals surface area contributed by atoms with E-state index in [1.54, 1.807) is 7.05 Å². The van der Waals surface area contributed by atoms with E-state index in [-0.39, 0.29) is 17.2 Å². The molecule has 1 spiro atoms. The van der Waals surface area contributed by atoms with Gasteiger partial charge in [-0.2, -0.15) is 0 Å². The molecule has 1 saturated carbocycles. The van der Waals surface area contributed by atoms with E-state index < -0.39 is 6.09 Å². The number of hydrogen-bond acceptors (Lipinski definition) is 3. The highest BCUT2D eigenvalue weighted by Crippen LogP contribution is 2.52. The normalized spacial score (nSPS) is 22.5. The number of likely N-dealkylation sites (tertiary alicyclic amines) is 1. The van der Waals surface area contributed by atoms with Crippen molar-refractivity contribution >= 4 is 12.0 Å². The highest BCUT2D eigenvalue weighted by molar-refractivity contribution is 5.79. The van der Waals surface area contributed by atoms with Gasteiger partial charge in [-0.15, -0.1) is 0 Å². The summed E-state index contributed by atoms with van der Waals surface area (Å²) >= 11 is 0. The first-order chi connectivity index (χ1) is 7.47. The summed E-state index contributed by atoms with van der Waals surface area (Å²) in [5, 5.41) is 9.96. The van der Waals surface area contributed by atoms with E-state index in [0.29, 0.717) is 13.1 Å². The van der Waals surface area contributed by atoms with Crippen molar-refractivity contribution in [2.24, 2.45) is 11.3 Å². The number of amides is 2. The average molecular weight is 228 g/mol. The summed E-state index contributed by atoms with van der Waals surface area (Å²) in [7, 11) is 3.06. The highest BCUT2D eigenvalue weighted by atomic mass is 16.7. The van der Waals surface area contributed by atoms with Gasteiger partial charge in [0.15, 0.2) is 0 Å². The molecule has 0 aromatic heterocycles. The lowest BCUT2D eigenvalue weighted by atomic mass is 9.57. The summed E-state index contributed by atoms with van der Waals surface area (Å²) in [4.78, 5) is 28.5. The number of carbonyl (C=O) groups is 2. The fourth-order valence-electron chi connectivity index (χ4n) is 2.66. The molecule has 2 aliphatic rings. The van der Waals surface area contributed by atoms with Crippen LogP contribution in [-0.2, 0) is 9.63 Å². The molecular weight excluding hydrogens is 212 g/mol. The molecule has 0 radical (unpaired) electrons. The number of carbonyl (C=O) groups excluding carboxylic acids is 1. The van der Waals surface area contributed by atoms with Gasteiger partial charge in [-0.05, 0) is 12.8 Å². The van der Waals surface area contributed by atoms with Gasteiger partial charge < -0.3 is 10.0 Å². The smallest absolute Gasteiger partial charge is 0.407 e. The minimum atomic E-state index is -0.866. The first kappa shape index (κ1) is 11.2. The molecule has 1 saturated heterocycles. The molecule has 2 rings (SSSR count). The molecule has 0 aromatic carbocycles. The second kappa shape index (κ2) is 3.62. The summed E-state index contributed by atoms with van der Waals surface area (Å²) in [6, 6.07) is 0. The predicted octanol–water partition coefficient (Wildman–Crippen LogP) is 0.396. The maximum absolute atomic E-state index is 11.7. The van der Waals surface area contributed by atoms with Gasteiger partial charge in [-0.25, -0.2) is 9.86 Å². The van der Waals surface area contributed by atoms with Crippen LogP contribution in [0.5, 0.6) is 0 Å². The van der Waals surface area contributed by atoms with Crippen molar-refractivity contribution in [3.63, 3.8) is 0 Å². The fraction of sp³-hybridized carbons (Fsp3) is 0.800. The Morgan fingerprint density at radius 1 is 1.44 bits per heavy atom. The molecule has 0 atom stereocenters. The molecule has 2 fully saturated rings. The molecule has 16 heavy (non-hydrogen) atoms. The molecule has 6 nitrogen and oxygen atoms in total. The zero-order valence-corrected chi connectivity index (χ0v) is 9.47. The van der Waals surface area contributed by atoms with E-state index in [1.165, 1.54) is 17.1 Å². The van der Waals surface area contributed by atoms with Crippen molar-refractivity contribution in [3.8, 4) is 0 Å². The quantitative estimate of drug-likeness (QED) is 0.694. The van der Waals surface area contributed by atoms with Crippen LogP contribution in [0.1, 0.15) is 12.8 Å². The number of hydrogen-bond donors (Lipinski definition) is 1. The van der Waals surface area contributed by atoms with Crippen molar-refractivity contribution < 1.29 is 19.5 Å². The van der Waals surface area contributed by atoms with Crippen LogP contribution in [-0.4, -0.2) is 54.3 Å². The zero-order chi connectivity index (χ0) is 11.9. The Hall–Kier alpha value is -1.30. The molecule has 1 aliphatic carbocycles. The Bertz CT molecular complexity index is 317. The Kier molecular flexibility index (Phi) is 2.53. The second-order valence-electron chi connectivity index (χ2n) is 4.76. The minimum absolute atomic E-state index is 0.000829. The van der Waals surface area contributed by atoms with Crippen molar-refractivity contribution in [3.05, 3.63) is 0 Å². The van der Waals surface area contributed by atoms with Crippen LogP contribution in [0.15, 0.2) is 0 Å². The maximum Gasteiger partial charge on any atom is 0.407 e. The van der Waals surface area contributed by atoms with Gasteiger partial charge in [0, 0.05) is 31.5 Å². The van der Waals surface area contributed by atoms with Crippen molar-refractivity contribution in [1.82, 2.24) is 9.96 Å². The van der Waals surface area contributed by atoms with E-state index in [2.05, 4.69) is 0 Å². The number of nitrogens with zero attached hydrogens (tertiary/aromatic N) is 2. The summed E-state index contributed by atoms with van der Waals surface area (Å²) in [5.74, 6) is -0.0113. The molecule has 90 valence electrons. The number of rotatable bonds is 2. The second-order valence-corrected chi connectivity index (χ2v) is 4.76. The molecule has 0 bridgehead atoms. The van der Waals surface area contributed by atoms with Gasteiger partial charge in [-0.1, -0.05) is 0 Å². The first-order valence-electron chi connectivity index (χ1n) is 5.27. The van der Waals surface area contributed by atoms with E-state index in [0.717, 1.165) is 12.8 Å². The van der Waals surface area contributed by atoms with Crippen molar-refractivity contribution in [2.75, 3.05) is 27.2 Å². The topological polar surface area (TPSA) is 70.1 Å². The van der Waals surface area contributed by atoms with Gasteiger partial charge in [0.1, 0.15) is 0 Å². The van der Waals surface area contributed by atoms with Gasteiger partial charge in [-0.3, -0.25) is 9.63 Å². The van der Waals surface area contributed by atoms with Gasteiger partial charge >= 0.3 is 6.09 Å². The largest absolute Gasteiger partial charge is 0.465 e. The van der Waals surface area contributed by atoms with Crippen LogP contribution in [0.4, 0.5) is 4.79 Å². The highest BCUT2D eigenvalue weighted by Gasteiger charge is 2.56. The van der Waals surface area contributed by atoms with E-state index in [1.807, 2.05) is 0 Å². The standard InChI is InChI=1S/C10H16N2O4/c1-11(16-2)8(13)7-3-10(4-7)5-12(6-10)9(14)15/h7H,3-6H2,1-2H3,(H,14,15). The molecule has 1 aliphatic heterocycles. The molecule has 6 heteroatoms. The third-order valence-corrected chi connectivity index (χ3v) is 3.62. The SMILES string of the molecule is CON(C)C(=O)C1CC2(C1)CN(C(=O)O)C2. The van der Waals surface area contributed by atoms with Crippen LogP contribution >= 0.6 is 0 Å². The number of hydroxylamine groups is 2. The lowest BCUT2D eigenvalue weighted by molar-refractivity contribution is -0.186. The Morgan fingerprint density at radius 2 is 2.00 bits per heavy atom. The maximum atomic E-state index is 11.7. The molecule has 0 aromatic rings. The van der Waals surface area contributed by atoms with Gasteiger partial charge in [0.25, 0.3) is 0 Å². The van der Waals surface area contributed by atoms with Crippen molar-refractivity contribution in [2.45, 2.75) is 12.8 Å². The zero-order valence-electron chi connectivity index (χ0n) is 9.47. The van der Waals surface area contributed by atoms with Crippen LogP contribution in [0.25, 0.3) is 0 Å². The third kappa shape index (κ3) is 1.63. The summed E-state index contributed by atoms with van der Waals surface area (Å²) in [5.41, 5.74) is 0.0767. The molecular formula is C10H16N2O4. The fourth-order valence-corrected chi connectivity index (χ4v) is 2.66. The Labute approximate surface area is 93.7 Å². The van der Waals surface area contributed by atoms with Crippen LogP contribution < -0.4 is 0 Å². The molecule has 0 unspecified atom stereocenters. The van der Waals surface area contributed by atoms with Crippen LogP contribution in [0.3, 0.4) is 0 Å². The minimum Gasteiger partial charge on any atom is -0.465 e. The predicted molar refractivity (Wildman–Crippen MR) is 54.5 cm³/mol. The van der Waals surface area contributed by atoms with Crippen molar-refractivity contribution in [1.29, 1.82) is 0 Å². The first-order valence-corrected chi connectivity index (χ1v) is 5.27. The van der Waals surface area contributed by atoms with Gasteiger partial charge in [0.2, 0.25) is 5.91 Å². The molecule has 1 N–H and O–H groups in total. The molecule has 2 amide bonds. The number of carboxylic acid groups (broad SMARTS) is 1. The van der Waals surface area contributed by atoms with E-state index in [4.69, 9.17) is 9.94 Å². The van der Waals surface area contributed by atoms with E-state index >= 15 is 0 Å². The van der Waals surface area contributed by atoms with Gasteiger partial charge in [0.05, 0.1) is 7.11 Å². The van der Waals surface area contributed by atoms with Crippen LogP contribution in [0, 0.1) is 11.3 Å². The van der Waals surface area contributed by atoms with E-state index in [9.17, 15) is 9.59 Å². The lowest BCUT2D eigenvalue weighted by Gasteiger charge is -2.57. The Morgan fingerprint density at radius 3 is 2.44 bits per heavy atom. The Balaban J connectivity index is 1.79.